The van der Waals surface area contributed by atoms with Crippen LogP contribution >= 0.6 is 0 Å². The molecule has 1 aliphatic carbocycles. The first-order chi connectivity index (χ1) is 16.2. The number of hydrazine groups is 2. The van der Waals surface area contributed by atoms with Gasteiger partial charge in [-0.1, -0.05) is 0 Å². The molecule has 3 heterocycles. The quantitative estimate of drug-likeness (QED) is 0.365. The van der Waals surface area contributed by atoms with Crippen molar-refractivity contribution in [3.05, 3.63) is 30.5 Å². The topological polar surface area (TPSA) is 133 Å². The molecule has 3 unspecified atom stereocenters. The Hall–Kier alpha value is -2.70. The molecule has 0 bridgehead atoms. The summed E-state index contributed by atoms with van der Waals surface area (Å²) in [5, 5.41) is 14.9. The third-order valence-corrected chi connectivity index (χ3v) is 6.45. The van der Waals surface area contributed by atoms with E-state index in [0.29, 0.717) is 12.6 Å². The summed E-state index contributed by atoms with van der Waals surface area (Å²) >= 11 is 0. The summed E-state index contributed by atoms with van der Waals surface area (Å²) in [6.45, 7) is 5.07. The van der Waals surface area contributed by atoms with Gasteiger partial charge in [0.25, 0.3) is 0 Å². The number of benzene rings is 1. The van der Waals surface area contributed by atoms with Gasteiger partial charge < -0.3 is 25.6 Å². The summed E-state index contributed by atoms with van der Waals surface area (Å²) in [4.78, 5) is 11.5. The number of nitrogens with two attached hydrogens (primary N) is 1. The highest BCUT2D eigenvalue weighted by Crippen LogP contribution is 2.34. The maximum absolute atomic E-state index is 9.63. The molecule has 6 N–H and O–H groups in total. The first kappa shape index (κ1) is 22.1. The van der Waals surface area contributed by atoms with Crippen LogP contribution in [0.1, 0.15) is 19.3 Å². The standard InChI is InChI=1S/C22H32N8O3/c23-20(31)15-1-2-16(13-15)25-22-24-14-19-21(26-22)30(28-27-19)17-3-5-18(6-4-17)33-12-9-29-7-10-32-11-8-29/h3-6,14-16,20,27-28,31H,1-2,7-13,23H2,(H,24,25,26). The van der Waals surface area contributed by atoms with Gasteiger partial charge in [-0.25, -0.2) is 9.99 Å². The minimum atomic E-state index is -0.770. The van der Waals surface area contributed by atoms with E-state index < -0.39 is 6.23 Å². The van der Waals surface area contributed by atoms with Crippen LogP contribution in [0.25, 0.3) is 0 Å². The number of ether oxygens (including phenoxy) is 2. The first-order valence-electron chi connectivity index (χ1n) is 11.6. The normalized spacial score (nSPS) is 23.8. The molecule has 0 spiro atoms. The molecule has 1 saturated carbocycles. The van der Waals surface area contributed by atoms with Crippen molar-refractivity contribution < 1.29 is 14.6 Å². The van der Waals surface area contributed by atoms with E-state index >= 15 is 0 Å². The highest BCUT2D eigenvalue weighted by atomic mass is 16.5. The van der Waals surface area contributed by atoms with Crippen LogP contribution in [-0.4, -0.2) is 71.7 Å². The molecule has 1 aromatic carbocycles. The highest BCUT2D eigenvalue weighted by molar-refractivity contribution is 5.76. The van der Waals surface area contributed by atoms with Crippen LogP contribution in [-0.2, 0) is 4.74 Å². The second-order valence-electron chi connectivity index (χ2n) is 8.70. The number of nitrogens with one attached hydrogen (secondary N) is 3. The van der Waals surface area contributed by atoms with Crippen molar-refractivity contribution in [2.24, 2.45) is 11.7 Å². The number of aromatic nitrogens is 2. The zero-order valence-corrected chi connectivity index (χ0v) is 18.6. The average molecular weight is 457 g/mol. The van der Waals surface area contributed by atoms with Crippen molar-refractivity contribution >= 4 is 23.1 Å². The van der Waals surface area contributed by atoms with Crippen LogP contribution in [0.3, 0.4) is 0 Å². The molecule has 0 amide bonds. The summed E-state index contributed by atoms with van der Waals surface area (Å²) in [6.07, 6.45) is 3.63. The van der Waals surface area contributed by atoms with E-state index in [1.165, 1.54) is 0 Å². The number of anilines is 4. The fourth-order valence-electron chi connectivity index (χ4n) is 4.51. The molecular weight excluding hydrogens is 424 g/mol. The zero-order chi connectivity index (χ0) is 22.6. The third kappa shape index (κ3) is 5.28. The monoisotopic (exact) mass is 456 g/mol. The van der Waals surface area contributed by atoms with Crippen LogP contribution < -0.4 is 31.8 Å². The van der Waals surface area contributed by atoms with Gasteiger partial charge in [-0.15, -0.1) is 5.53 Å². The van der Waals surface area contributed by atoms with Gasteiger partial charge >= 0.3 is 0 Å². The van der Waals surface area contributed by atoms with Crippen molar-refractivity contribution in [2.75, 3.05) is 55.2 Å². The second kappa shape index (κ2) is 10.1. The van der Waals surface area contributed by atoms with E-state index in [4.69, 9.17) is 20.2 Å². The molecule has 178 valence electrons. The number of aliphatic hydroxyl groups excluding tert-OH is 1. The van der Waals surface area contributed by atoms with Crippen molar-refractivity contribution in [3.63, 3.8) is 0 Å². The Kier molecular flexibility index (Phi) is 6.74. The van der Waals surface area contributed by atoms with Gasteiger partial charge in [0.15, 0.2) is 5.82 Å². The SMILES string of the molecule is NC(O)C1CCC(Nc2ncc3c(n2)N(c2ccc(OCCN4CCOCC4)cc2)NN3)C1. The molecule has 11 nitrogen and oxygen atoms in total. The van der Waals surface area contributed by atoms with Crippen molar-refractivity contribution in [1.29, 1.82) is 0 Å². The zero-order valence-electron chi connectivity index (χ0n) is 18.6. The fraction of sp³-hybridized carbons (Fsp3) is 0.545. The molecular formula is C22H32N8O3. The molecule has 2 aliphatic heterocycles. The van der Waals surface area contributed by atoms with E-state index in [-0.39, 0.29) is 12.0 Å². The van der Waals surface area contributed by atoms with Crippen LogP contribution in [0.5, 0.6) is 5.75 Å². The molecule has 33 heavy (non-hydrogen) atoms. The van der Waals surface area contributed by atoms with Crippen molar-refractivity contribution in [1.82, 2.24) is 20.4 Å². The number of morpholine rings is 1. The number of hydrogen-bond acceptors (Lipinski definition) is 11. The number of aliphatic hydroxyl groups is 1. The molecule has 2 aromatic rings. The molecule has 2 fully saturated rings. The second-order valence-corrected chi connectivity index (χ2v) is 8.70. The van der Waals surface area contributed by atoms with E-state index in [1.54, 1.807) is 6.20 Å². The predicted octanol–water partition coefficient (Wildman–Crippen LogP) is 1.03. The average Bonchev–Trinajstić information content (AvgIpc) is 3.48. The Morgan fingerprint density at radius 1 is 1.24 bits per heavy atom. The van der Waals surface area contributed by atoms with E-state index in [2.05, 4.69) is 26.2 Å². The van der Waals surface area contributed by atoms with Gasteiger partial charge in [0.2, 0.25) is 5.95 Å². The Morgan fingerprint density at radius 3 is 2.82 bits per heavy atom. The number of fused-ring (bicyclic) bond motifs is 1. The molecule has 0 radical (unpaired) electrons. The third-order valence-electron chi connectivity index (χ3n) is 6.45. The Bertz CT molecular complexity index is 922. The minimum Gasteiger partial charge on any atom is -0.492 e. The first-order valence-corrected chi connectivity index (χ1v) is 11.6. The highest BCUT2D eigenvalue weighted by Gasteiger charge is 2.29. The molecule has 1 saturated heterocycles. The van der Waals surface area contributed by atoms with Gasteiger partial charge in [-0.05, 0) is 43.5 Å². The Balaban J connectivity index is 1.18. The summed E-state index contributed by atoms with van der Waals surface area (Å²) in [6, 6.07) is 8.12. The van der Waals surface area contributed by atoms with Crippen LogP contribution in [0.15, 0.2) is 30.5 Å². The van der Waals surface area contributed by atoms with Crippen molar-refractivity contribution in [2.45, 2.75) is 31.5 Å². The maximum Gasteiger partial charge on any atom is 0.225 e. The number of hydrogen-bond donors (Lipinski definition) is 5. The molecule has 3 aliphatic rings. The van der Waals surface area contributed by atoms with E-state index in [0.717, 1.165) is 75.1 Å². The lowest BCUT2D eigenvalue weighted by Crippen LogP contribution is -2.38. The largest absolute Gasteiger partial charge is 0.492 e. The lowest BCUT2D eigenvalue weighted by molar-refractivity contribution is 0.0322. The summed E-state index contributed by atoms with van der Waals surface area (Å²) in [7, 11) is 0. The van der Waals surface area contributed by atoms with Gasteiger partial charge in [0, 0.05) is 31.6 Å². The maximum atomic E-state index is 9.63. The molecule has 11 heteroatoms. The van der Waals surface area contributed by atoms with Crippen molar-refractivity contribution in [3.8, 4) is 5.75 Å². The van der Waals surface area contributed by atoms with Crippen LogP contribution in [0.2, 0.25) is 0 Å². The lowest BCUT2D eigenvalue weighted by atomic mass is 10.1. The van der Waals surface area contributed by atoms with Gasteiger partial charge in [0.1, 0.15) is 24.3 Å². The predicted molar refractivity (Wildman–Crippen MR) is 125 cm³/mol. The molecule has 5 rings (SSSR count). The van der Waals surface area contributed by atoms with E-state index in [9.17, 15) is 5.11 Å². The van der Waals surface area contributed by atoms with E-state index in [1.807, 2.05) is 29.3 Å². The summed E-state index contributed by atoms with van der Waals surface area (Å²) < 4.78 is 11.3. The van der Waals surface area contributed by atoms with Crippen LogP contribution in [0.4, 0.5) is 23.1 Å². The number of rotatable bonds is 8. The van der Waals surface area contributed by atoms with Crippen LogP contribution in [0, 0.1) is 5.92 Å². The minimum absolute atomic E-state index is 0.117. The Labute approximate surface area is 193 Å². The fourth-order valence-corrected chi connectivity index (χ4v) is 4.51. The molecule has 3 atom stereocenters. The number of nitrogens with zero attached hydrogens (tertiary/aromatic N) is 4. The van der Waals surface area contributed by atoms with Gasteiger partial charge in [-0.2, -0.15) is 4.98 Å². The summed E-state index contributed by atoms with van der Waals surface area (Å²) in [5.74, 6) is 2.25. The van der Waals surface area contributed by atoms with Gasteiger partial charge in [-0.3, -0.25) is 10.3 Å². The lowest BCUT2D eigenvalue weighted by Gasteiger charge is -2.26. The Morgan fingerprint density at radius 2 is 2.06 bits per heavy atom. The van der Waals surface area contributed by atoms with Gasteiger partial charge in [0.05, 0.1) is 25.1 Å². The smallest absolute Gasteiger partial charge is 0.225 e. The molecule has 1 aromatic heterocycles. The summed E-state index contributed by atoms with van der Waals surface area (Å²) in [5.41, 5.74) is 13.6.